The maximum atomic E-state index is 13.0. The van der Waals surface area contributed by atoms with E-state index in [1.54, 1.807) is 0 Å². The zero-order chi connectivity index (χ0) is 16.8. The second kappa shape index (κ2) is 8.99. The Morgan fingerprint density at radius 1 is 1.14 bits per heavy atom. The minimum Gasteiger partial charge on any atom is -0.392 e. The molecule has 1 N–H and O–H groups in total. The average Bonchev–Trinajstić information content (AvgIpc) is 2.44. The highest BCUT2D eigenvalue weighted by Crippen LogP contribution is 2.25. The van der Waals surface area contributed by atoms with Crippen molar-refractivity contribution in [2.24, 2.45) is 0 Å². The van der Waals surface area contributed by atoms with E-state index in [2.05, 4.69) is 26.6 Å². The normalized spacial score (nSPS) is 16.3. The zero-order valence-corrected chi connectivity index (χ0v) is 16.6. The summed E-state index contributed by atoms with van der Waals surface area (Å²) in [5.74, 6) is 0. The van der Waals surface area contributed by atoms with Gasteiger partial charge in [0.1, 0.15) is 0 Å². The Kier molecular flexibility index (Phi) is 8.01. The summed E-state index contributed by atoms with van der Waals surface area (Å²) in [7, 11) is -2.52. The van der Waals surface area contributed by atoms with Crippen molar-refractivity contribution in [1.82, 2.24) is 0 Å². The molecule has 3 atom stereocenters. The van der Waals surface area contributed by atoms with E-state index in [-0.39, 0.29) is 5.25 Å². The molecule has 126 valence electrons. The standard InChI is InChI=1S/C18H32O2SSi/c1-6-7-8-9-17(19)18(14-22(3,4)5)21(20)16-12-10-15(2)11-13-16/h10-13,17-19H,6-9,14H2,1-5H3/t17-,18-,21-/m0/s1. The molecular formula is C18H32O2SSi. The van der Waals surface area contributed by atoms with Crippen molar-refractivity contribution in [2.75, 3.05) is 0 Å². The van der Waals surface area contributed by atoms with Gasteiger partial charge in [0.25, 0.3) is 0 Å². The third kappa shape index (κ3) is 6.76. The van der Waals surface area contributed by atoms with Gasteiger partial charge in [0.05, 0.1) is 22.2 Å². The van der Waals surface area contributed by atoms with E-state index < -0.39 is 25.0 Å². The SMILES string of the molecule is CCCCC[C@H](O)[C@H](C[Si](C)(C)C)[S@@](=O)c1ccc(C)cc1. The summed E-state index contributed by atoms with van der Waals surface area (Å²) in [6, 6.07) is 8.80. The minimum atomic E-state index is -1.39. The lowest BCUT2D eigenvalue weighted by molar-refractivity contribution is 0.160. The van der Waals surface area contributed by atoms with Gasteiger partial charge in [-0.3, -0.25) is 4.21 Å². The molecule has 0 fully saturated rings. The van der Waals surface area contributed by atoms with Crippen LogP contribution in [0.4, 0.5) is 0 Å². The van der Waals surface area contributed by atoms with Gasteiger partial charge in [0.15, 0.2) is 0 Å². The smallest absolute Gasteiger partial charge is 0.0684 e. The lowest BCUT2D eigenvalue weighted by atomic mass is 10.1. The van der Waals surface area contributed by atoms with E-state index in [4.69, 9.17) is 0 Å². The molecule has 1 aromatic carbocycles. The first kappa shape index (κ1) is 19.6. The Labute approximate surface area is 139 Å². The summed E-state index contributed by atoms with van der Waals surface area (Å²) < 4.78 is 13.0. The Balaban J connectivity index is 2.88. The Morgan fingerprint density at radius 2 is 1.73 bits per heavy atom. The van der Waals surface area contributed by atoms with Crippen molar-refractivity contribution < 1.29 is 9.32 Å². The Bertz CT molecular complexity index is 465. The van der Waals surface area contributed by atoms with Crippen molar-refractivity contribution in [3.8, 4) is 0 Å². The fourth-order valence-corrected chi connectivity index (χ4v) is 7.35. The molecular weight excluding hydrogens is 308 g/mol. The summed E-state index contributed by atoms with van der Waals surface area (Å²) in [4.78, 5) is 0.850. The summed E-state index contributed by atoms with van der Waals surface area (Å²) in [6.07, 6.45) is 3.60. The number of aryl methyl sites for hydroxylation is 1. The third-order valence-electron chi connectivity index (χ3n) is 3.87. The molecule has 1 rings (SSSR count). The fourth-order valence-electron chi connectivity index (χ4n) is 2.59. The molecule has 22 heavy (non-hydrogen) atoms. The summed E-state index contributed by atoms with van der Waals surface area (Å²) >= 11 is 0. The first-order chi connectivity index (χ1) is 10.2. The first-order valence-electron chi connectivity index (χ1n) is 8.40. The second-order valence-corrected chi connectivity index (χ2v) is 14.7. The number of unbranched alkanes of at least 4 members (excludes halogenated alkanes) is 2. The quantitative estimate of drug-likeness (QED) is 0.520. The van der Waals surface area contributed by atoms with Gasteiger partial charge in [-0.15, -0.1) is 0 Å². The van der Waals surface area contributed by atoms with Gasteiger partial charge in [-0.25, -0.2) is 0 Å². The summed E-state index contributed by atoms with van der Waals surface area (Å²) in [5.41, 5.74) is 1.17. The van der Waals surface area contributed by atoms with E-state index in [0.29, 0.717) is 0 Å². The van der Waals surface area contributed by atoms with E-state index in [0.717, 1.165) is 36.6 Å². The predicted molar refractivity (Wildman–Crippen MR) is 99.7 cm³/mol. The first-order valence-corrected chi connectivity index (χ1v) is 13.3. The molecule has 0 aliphatic heterocycles. The highest BCUT2D eigenvalue weighted by Gasteiger charge is 2.31. The van der Waals surface area contributed by atoms with E-state index in [9.17, 15) is 9.32 Å². The van der Waals surface area contributed by atoms with Crippen LogP contribution < -0.4 is 0 Å². The van der Waals surface area contributed by atoms with Crippen LogP contribution in [0.1, 0.15) is 38.2 Å². The monoisotopic (exact) mass is 340 g/mol. The minimum absolute atomic E-state index is 0.133. The topological polar surface area (TPSA) is 37.3 Å². The maximum Gasteiger partial charge on any atom is 0.0684 e. The van der Waals surface area contributed by atoms with E-state index in [1.807, 2.05) is 31.2 Å². The highest BCUT2D eigenvalue weighted by atomic mass is 32.2. The van der Waals surface area contributed by atoms with Crippen LogP contribution in [0.2, 0.25) is 25.7 Å². The van der Waals surface area contributed by atoms with Crippen molar-refractivity contribution in [2.45, 2.75) is 81.5 Å². The highest BCUT2D eigenvalue weighted by molar-refractivity contribution is 7.85. The molecule has 0 bridgehead atoms. The van der Waals surface area contributed by atoms with Crippen molar-refractivity contribution >= 4 is 18.9 Å². The molecule has 2 nitrogen and oxygen atoms in total. The lowest BCUT2D eigenvalue weighted by Gasteiger charge is -2.28. The van der Waals surface area contributed by atoms with E-state index >= 15 is 0 Å². The van der Waals surface area contributed by atoms with Crippen molar-refractivity contribution in [3.63, 3.8) is 0 Å². The number of hydrogen-bond acceptors (Lipinski definition) is 2. The molecule has 0 heterocycles. The van der Waals surface area contributed by atoms with Gasteiger partial charge in [-0.2, -0.15) is 0 Å². The molecule has 0 unspecified atom stereocenters. The van der Waals surface area contributed by atoms with Crippen LogP contribution in [0.5, 0.6) is 0 Å². The molecule has 0 radical (unpaired) electrons. The van der Waals surface area contributed by atoms with Crippen LogP contribution in [0, 0.1) is 6.92 Å². The predicted octanol–water partition coefficient (Wildman–Crippen LogP) is 4.75. The van der Waals surface area contributed by atoms with Gasteiger partial charge >= 0.3 is 0 Å². The Hall–Kier alpha value is -0.453. The molecule has 1 aromatic rings. The third-order valence-corrected chi connectivity index (χ3v) is 7.60. The van der Waals surface area contributed by atoms with Crippen LogP contribution in [-0.4, -0.2) is 28.7 Å². The molecule has 0 amide bonds. The van der Waals surface area contributed by atoms with Crippen LogP contribution in [-0.2, 0) is 10.8 Å². The van der Waals surface area contributed by atoms with Crippen LogP contribution >= 0.6 is 0 Å². The van der Waals surface area contributed by atoms with Crippen molar-refractivity contribution in [3.05, 3.63) is 29.8 Å². The Morgan fingerprint density at radius 3 is 2.23 bits per heavy atom. The zero-order valence-electron chi connectivity index (χ0n) is 14.8. The summed E-state index contributed by atoms with van der Waals surface area (Å²) in [5, 5.41) is 10.5. The van der Waals surface area contributed by atoms with Crippen LogP contribution in [0.15, 0.2) is 29.2 Å². The van der Waals surface area contributed by atoms with Crippen LogP contribution in [0.25, 0.3) is 0 Å². The van der Waals surface area contributed by atoms with Gasteiger partial charge < -0.3 is 5.11 Å². The number of rotatable bonds is 9. The van der Waals surface area contributed by atoms with Crippen molar-refractivity contribution in [1.29, 1.82) is 0 Å². The average molecular weight is 341 g/mol. The molecule has 4 heteroatoms. The second-order valence-electron chi connectivity index (χ2n) is 7.48. The van der Waals surface area contributed by atoms with Gasteiger partial charge in [-0.1, -0.05) is 63.5 Å². The molecule has 0 spiro atoms. The molecule has 0 aliphatic rings. The van der Waals surface area contributed by atoms with Gasteiger partial charge in [-0.05, 0) is 31.5 Å². The largest absolute Gasteiger partial charge is 0.392 e. The van der Waals surface area contributed by atoms with Gasteiger partial charge in [0.2, 0.25) is 0 Å². The fraction of sp³-hybridized carbons (Fsp3) is 0.667. The number of benzene rings is 1. The lowest BCUT2D eigenvalue weighted by Crippen LogP contribution is -2.37. The molecule has 0 saturated carbocycles. The van der Waals surface area contributed by atoms with Crippen LogP contribution in [0.3, 0.4) is 0 Å². The number of hydrogen-bond donors (Lipinski definition) is 1. The van der Waals surface area contributed by atoms with E-state index in [1.165, 1.54) is 5.56 Å². The number of aliphatic hydroxyl groups excluding tert-OH is 1. The molecule has 0 saturated heterocycles. The van der Waals surface area contributed by atoms with Gasteiger partial charge in [0, 0.05) is 13.0 Å². The number of aliphatic hydroxyl groups is 1. The molecule has 0 aliphatic carbocycles. The summed E-state index contributed by atoms with van der Waals surface area (Å²) in [6.45, 7) is 11.0. The molecule has 0 aromatic heterocycles. The maximum absolute atomic E-state index is 13.0.